The number of carbonyl (C=O) groups is 1. The Bertz CT molecular complexity index is 915. The van der Waals surface area contributed by atoms with Crippen molar-refractivity contribution in [3.05, 3.63) is 78.4 Å². The topological polar surface area (TPSA) is 92.2 Å². The fourth-order valence-electron chi connectivity index (χ4n) is 3.51. The quantitative estimate of drug-likeness (QED) is 0.270. The molecule has 2 aromatic rings. The van der Waals surface area contributed by atoms with Gasteiger partial charge in [0, 0.05) is 31.6 Å². The maximum absolute atomic E-state index is 13.1. The van der Waals surface area contributed by atoms with Crippen molar-refractivity contribution in [3.8, 4) is 5.75 Å². The molecule has 0 unspecified atom stereocenters. The molecule has 0 bridgehead atoms. The molecule has 0 spiro atoms. The van der Waals surface area contributed by atoms with E-state index in [1.165, 1.54) is 5.56 Å². The Labute approximate surface area is 189 Å². The van der Waals surface area contributed by atoms with Crippen molar-refractivity contribution >= 4 is 11.8 Å². The molecule has 7 nitrogen and oxygen atoms in total. The Kier molecular flexibility index (Phi) is 8.41. The van der Waals surface area contributed by atoms with Gasteiger partial charge in [-0.2, -0.15) is 0 Å². The van der Waals surface area contributed by atoms with Gasteiger partial charge in [0.05, 0.1) is 6.61 Å². The third-order valence-electron chi connectivity index (χ3n) is 5.37. The van der Waals surface area contributed by atoms with Gasteiger partial charge >= 0.3 is 0 Å². The third kappa shape index (κ3) is 5.75. The average molecular weight is 438 g/mol. The highest BCUT2D eigenvalue weighted by atomic mass is 16.5. The summed E-state index contributed by atoms with van der Waals surface area (Å²) in [6, 6.07) is 17.4. The SMILES string of the molecule is C=CC[C@]1(C(=O)NNCCc2ccccc2)N=C(c2ccc(OCCCO)cc2)O[C@H]1C. The molecule has 0 aliphatic carbocycles. The summed E-state index contributed by atoms with van der Waals surface area (Å²) in [5.41, 5.74) is 6.67. The molecule has 1 heterocycles. The molecule has 0 fully saturated rings. The number of ether oxygens (including phenoxy) is 2. The number of hydrogen-bond donors (Lipinski definition) is 3. The summed E-state index contributed by atoms with van der Waals surface area (Å²) in [5.74, 6) is 0.865. The highest BCUT2D eigenvalue weighted by Crippen LogP contribution is 2.32. The van der Waals surface area contributed by atoms with Gasteiger partial charge in [0.25, 0.3) is 5.91 Å². The molecule has 3 N–H and O–H groups in total. The molecule has 2 aromatic carbocycles. The minimum absolute atomic E-state index is 0.0924. The fourth-order valence-corrected chi connectivity index (χ4v) is 3.51. The summed E-state index contributed by atoms with van der Waals surface area (Å²) in [7, 11) is 0. The van der Waals surface area contributed by atoms with E-state index in [1.54, 1.807) is 6.08 Å². The Morgan fingerprint density at radius 2 is 2.00 bits per heavy atom. The van der Waals surface area contributed by atoms with E-state index in [4.69, 9.17) is 19.6 Å². The van der Waals surface area contributed by atoms with Crippen LogP contribution in [0.3, 0.4) is 0 Å². The van der Waals surface area contributed by atoms with Gasteiger partial charge in [-0.25, -0.2) is 10.4 Å². The number of nitrogens with one attached hydrogen (secondary N) is 2. The molecule has 1 aliphatic rings. The van der Waals surface area contributed by atoms with Crippen LogP contribution in [0.1, 0.15) is 30.9 Å². The first-order chi connectivity index (χ1) is 15.6. The molecule has 2 atom stereocenters. The Hall–Kier alpha value is -3.16. The van der Waals surface area contributed by atoms with Crippen molar-refractivity contribution < 1.29 is 19.4 Å². The monoisotopic (exact) mass is 437 g/mol. The number of carbonyl (C=O) groups excluding carboxylic acids is 1. The third-order valence-corrected chi connectivity index (χ3v) is 5.37. The Balaban J connectivity index is 1.65. The minimum Gasteiger partial charge on any atom is -0.494 e. The lowest BCUT2D eigenvalue weighted by Gasteiger charge is -2.26. The van der Waals surface area contributed by atoms with Crippen molar-refractivity contribution in [2.24, 2.45) is 4.99 Å². The van der Waals surface area contributed by atoms with Crippen LogP contribution in [0.2, 0.25) is 0 Å². The number of amides is 1. The van der Waals surface area contributed by atoms with Crippen molar-refractivity contribution in [2.45, 2.75) is 37.8 Å². The predicted octanol–water partition coefficient (Wildman–Crippen LogP) is 2.79. The second-order valence-corrected chi connectivity index (χ2v) is 7.66. The first-order valence-electron chi connectivity index (χ1n) is 10.9. The Morgan fingerprint density at radius 3 is 2.69 bits per heavy atom. The van der Waals surface area contributed by atoms with Crippen LogP contribution in [-0.4, -0.2) is 48.3 Å². The summed E-state index contributed by atoms with van der Waals surface area (Å²) in [6.07, 6.45) is 2.96. The van der Waals surface area contributed by atoms with Gasteiger partial charge in [-0.3, -0.25) is 10.2 Å². The molecule has 0 aromatic heterocycles. The standard InChI is InChI=1S/C25H31N3O4/c1-3-15-25(24(30)28-26-16-14-20-8-5-4-6-9-20)19(2)32-23(27-25)21-10-12-22(13-11-21)31-18-7-17-29/h3-6,8-13,19,26,29H,1,7,14-18H2,2H3,(H,28,30)/t19-,25-/m0/s1. The van der Waals surface area contributed by atoms with E-state index < -0.39 is 11.6 Å². The lowest BCUT2D eigenvalue weighted by molar-refractivity contribution is -0.129. The summed E-state index contributed by atoms with van der Waals surface area (Å²) in [6.45, 7) is 6.79. The highest BCUT2D eigenvalue weighted by Gasteiger charge is 2.49. The number of nitrogens with zero attached hydrogens (tertiary/aromatic N) is 1. The second-order valence-electron chi connectivity index (χ2n) is 7.66. The number of aliphatic hydroxyl groups is 1. The number of benzene rings is 2. The second kappa shape index (κ2) is 11.5. The number of rotatable bonds is 12. The first kappa shape index (κ1) is 23.5. The van der Waals surface area contributed by atoms with Gasteiger partial charge in [0.1, 0.15) is 11.9 Å². The predicted molar refractivity (Wildman–Crippen MR) is 125 cm³/mol. The van der Waals surface area contributed by atoms with E-state index >= 15 is 0 Å². The Morgan fingerprint density at radius 1 is 1.25 bits per heavy atom. The van der Waals surface area contributed by atoms with E-state index in [-0.39, 0.29) is 12.5 Å². The summed E-state index contributed by atoms with van der Waals surface area (Å²) in [5, 5.41) is 8.86. The minimum atomic E-state index is -1.09. The van der Waals surface area contributed by atoms with Crippen LogP contribution in [0.5, 0.6) is 5.75 Å². The molecule has 0 radical (unpaired) electrons. The maximum Gasteiger partial charge on any atom is 0.266 e. The highest BCUT2D eigenvalue weighted by molar-refractivity contribution is 6.00. The molecule has 7 heteroatoms. The summed E-state index contributed by atoms with van der Waals surface area (Å²) < 4.78 is 11.6. The van der Waals surface area contributed by atoms with E-state index in [0.717, 1.165) is 12.0 Å². The van der Waals surface area contributed by atoms with Crippen LogP contribution >= 0.6 is 0 Å². The molecule has 3 rings (SSSR count). The zero-order chi connectivity index (χ0) is 22.8. The van der Waals surface area contributed by atoms with Gasteiger partial charge in [-0.1, -0.05) is 36.4 Å². The fraction of sp³-hybridized carbons (Fsp3) is 0.360. The van der Waals surface area contributed by atoms with E-state index in [2.05, 4.69) is 29.6 Å². The van der Waals surface area contributed by atoms with Gasteiger partial charge in [0.15, 0.2) is 5.54 Å². The molecule has 1 amide bonds. The average Bonchev–Trinajstić information content (AvgIpc) is 3.15. The molecular formula is C25H31N3O4. The van der Waals surface area contributed by atoms with Crippen LogP contribution in [0.4, 0.5) is 0 Å². The molecule has 0 saturated carbocycles. The van der Waals surface area contributed by atoms with E-state index in [9.17, 15) is 4.79 Å². The van der Waals surface area contributed by atoms with Crippen molar-refractivity contribution in [1.82, 2.24) is 10.9 Å². The molecule has 170 valence electrons. The van der Waals surface area contributed by atoms with Crippen LogP contribution in [0.15, 0.2) is 72.2 Å². The number of hydrazine groups is 1. The molecule has 1 aliphatic heterocycles. The largest absolute Gasteiger partial charge is 0.494 e. The van der Waals surface area contributed by atoms with E-state index in [0.29, 0.717) is 37.6 Å². The number of hydrogen-bond acceptors (Lipinski definition) is 6. The van der Waals surface area contributed by atoms with Crippen LogP contribution < -0.4 is 15.6 Å². The van der Waals surface area contributed by atoms with Crippen LogP contribution in [0, 0.1) is 0 Å². The maximum atomic E-state index is 13.1. The van der Waals surface area contributed by atoms with Crippen LogP contribution in [-0.2, 0) is 16.0 Å². The normalized spacial score (nSPS) is 19.7. The van der Waals surface area contributed by atoms with E-state index in [1.807, 2.05) is 49.4 Å². The van der Waals surface area contributed by atoms with Crippen LogP contribution in [0.25, 0.3) is 0 Å². The zero-order valence-corrected chi connectivity index (χ0v) is 18.4. The molecule has 0 saturated heterocycles. The lowest BCUT2D eigenvalue weighted by Crippen LogP contribution is -2.54. The van der Waals surface area contributed by atoms with Crippen molar-refractivity contribution in [3.63, 3.8) is 0 Å². The van der Waals surface area contributed by atoms with Crippen molar-refractivity contribution in [1.29, 1.82) is 0 Å². The number of aliphatic imine (C=N–C) groups is 1. The lowest BCUT2D eigenvalue weighted by atomic mass is 9.90. The molecular weight excluding hydrogens is 406 g/mol. The smallest absolute Gasteiger partial charge is 0.266 e. The van der Waals surface area contributed by atoms with Gasteiger partial charge in [-0.15, -0.1) is 6.58 Å². The molecule has 32 heavy (non-hydrogen) atoms. The van der Waals surface area contributed by atoms with Gasteiger partial charge < -0.3 is 14.6 Å². The van der Waals surface area contributed by atoms with Crippen molar-refractivity contribution in [2.75, 3.05) is 19.8 Å². The first-order valence-corrected chi connectivity index (χ1v) is 10.9. The van der Waals surface area contributed by atoms with Gasteiger partial charge in [0.2, 0.25) is 5.90 Å². The van der Waals surface area contributed by atoms with Gasteiger partial charge in [-0.05, 0) is 43.2 Å². The summed E-state index contributed by atoms with van der Waals surface area (Å²) >= 11 is 0. The zero-order valence-electron chi connectivity index (χ0n) is 18.4. The number of aliphatic hydroxyl groups excluding tert-OH is 1. The summed E-state index contributed by atoms with van der Waals surface area (Å²) in [4.78, 5) is 17.8.